The molecule has 2 aromatic carbocycles. The summed E-state index contributed by atoms with van der Waals surface area (Å²) in [5.74, 6) is 2.69. The van der Waals surface area contributed by atoms with Crippen molar-refractivity contribution in [2.24, 2.45) is 0 Å². The Morgan fingerprint density at radius 2 is 1.77 bits per heavy atom. The number of hydrogen-bond donors (Lipinski definition) is 0. The molecule has 0 saturated carbocycles. The molecule has 1 aliphatic rings. The van der Waals surface area contributed by atoms with Crippen LogP contribution in [0.2, 0.25) is 0 Å². The van der Waals surface area contributed by atoms with Gasteiger partial charge in [0.25, 0.3) is 0 Å². The van der Waals surface area contributed by atoms with Crippen LogP contribution in [0, 0.1) is 0 Å². The predicted molar refractivity (Wildman–Crippen MR) is 115 cm³/mol. The summed E-state index contributed by atoms with van der Waals surface area (Å²) in [4.78, 5) is 14.7. The maximum atomic E-state index is 13.0. The minimum absolute atomic E-state index is 0.0365. The fraction of sp³-hybridized carbons (Fsp3) is 0.348. The van der Waals surface area contributed by atoms with Gasteiger partial charge in [-0.05, 0) is 48.4 Å². The number of halogens is 3. The summed E-state index contributed by atoms with van der Waals surface area (Å²) in [6, 6.07) is 11.8. The molecule has 1 saturated heterocycles. The van der Waals surface area contributed by atoms with Crippen LogP contribution < -0.4 is 4.74 Å². The predicted octanol–water partition coefficient (Wildman–Crippen LogP) is 5.42. The average Bonchev–Trinajstić information content (AvgIpc) is 2.76. The van der Waals surface area contributed by atoms with E-state index in [4.69, 9.17) is 4.74 Å². The lowest BCUT2D eigenvalue weighted by atomic mass is 10.0. The number of ether oxygens (including phenoxy) is 1. The molecule has 2 aromatic rings. The van der Waals surface area contributed by atoms with Crippen LogP contribution in [0.4, 0.5) is 13.2 Å². The Labute approximate surface area is 178 Å². The van der Waals surface area contributed by atoms with E-state index in [1.807, 2.05) is 11.8 Å². The van der Waals surface area contributed by atoms with Crippen molar-refractivity contribution < 1.29 is 22.7 Å². The van der Waals surface area contributed by atoms with Crippen LogP contribution in [0.5, 0.6) is 5.75 Å². The average molecular weight is 436 g/mol. The number of hydrogen-bond acceptors (Lipinski definition) is 4. The highest BCUT2D eigenvalue weighted by Crippen LogP contribution is 2.32. The van der Waals surface area contributed by atoms with E-state index in [0.717, 1.165) is 38.2 Å². The highest BCUT2D eigenvalue weighted by atomic mass is 32.2. The topological polar surface area (TPSA) is 29.5 Å². The second kappa shape index (κ2) is 10.7. The van der Waals surface area contributed by atoms with Crippen molar-refractivity contribution in [2.75, 3.05) is 37.7 Å². The fourth-order valence-electron chi connectivity index (χ4n) is 3.18. The Hall–Kier alpha value is -2.25. The number of alkyl halides is 3. The van der Waals surface area contributed by atoms with Gasteiger partial charge < -0.3 is 9.64 Å². The van der Waals surface area contributed by atoms with Gasteiger partial charge in [-0.3, -0.25) is 4.79 Å². The van der Waals surface area contributed by atoms with Gasteiger partial charge in [0.05, 0.1) is 12.2 Å². The normalized spacial score (nSPS) is 15.4. The molecule has 0 N–H and O–H groups in total. The van der Waals surface area contributed by atoms with E-state index in [0.29, 0.717) is 17.9 Å². The molecule has 1 heterocycles. The monoisotopic (exact) mass is 435 g/mol. The first-order valence-electron chi connectivity index (χ1n) is 9.85. The summed E-state index contributed by atoms with van der Waals surface area (Å²) < 4.78 is 44.8. The molecule has 7 heteroatoms. The van der Waals surface area contributed by atoms with Gasteiger partial charge in [-0.1, -0.05) is 24.3 Å². The minimum Gasteiger partial charge on any atom is -0.494 e. The summed E-state index contributed by atoms with van der Waals surface area (Å²) in [7, 11) is 0. The van der Waals surface area contributed by atoms with Gasteiger partial charge >= 0.3 is 6.18 Å². The van der Waals surface area contributed by atoms with Crippen LogP contribution >= 0.6 is 11.8 Å². The van der Waals surface area contributed by atoms with Crippen molar-refractivity contribution >= 4 is 23.6 Å². The first-order chi connectivity index (χ1) is 14.4. The molecule has 0 aliphatic carbocycles. The smallest absolute Gasteiger partial charge is 0.416 e. The first kappa shape index (κ1) is 22.4. The molecule has 0 atom stereocenters. The van der Waals surface area contributed by atoms with Gasteiger partial charge in [-0.2, -0.15) is 24.9 Å². The van der Waals surface area contributed by atoms with E-state index in [1.165, 1.54) is 35.8 Å². The molecule has 30 heavy (non-hydrogen) atoms. The summed E-state index contributed by atoms with van der Waals surface area (Å²) in [6.07, 6.45) is -1.16. The quantitative estimate of drug-likeness (QED) is 0.315. The maximum Gasteiger partial charge on any atom is 0.416 e. The highest BCUT2D eigenvalue weighted by molar-refractivity contribution is 7.99. The van der Waals surface area contributed by atoms with Gasteiger partial charge in [0.1, 0.15) is 5.75 Å². The van der Waals surface area contributed by atoms with Crippen molar-refractivity contribution in [3.05, 3.63) is 71.3 Å². The Kier molecular flexibility index (Phi) is 7.99. The molecule has 3 nitrogen and oxygen atoms in total. The molecule has 1 aliphatic heterocycles. The lowest BCUT2D eigenvalue weighted by molar-refractivity contribution is -0.137. The molecule has 0 aromatic heterocycles. The lowest BCUT2D eigenvalue weighted by Crippen LogP contribution is -2.33. The zero-order chi connectivity index (χ0) is 21.4. The van der Waals surface area contributed by atoms with Gasteiger partial charge in [0, 0.05) is 36.7 Å². The third kappa shape index (κ3) is 6.64. The third-order valence-corrected chi connectivity index (χ3v) is 5.75. The van der Waals surface area contributed by atoms with Gasteiger partial charge in [-0.25, -0.2) is 0 Å². The second-order valence-corrected chi connectivity index (χ2v) is 8.19. The van der Waals surface area contributed by atoms with E-state index in [1.54, 1.807) is 24.3 Å². The summed E-state index contributed by atoms with van der Waals surface area (Å²) in [5, 5.41) is 0. The molecule has 0 amide bonds. The lowest BCUT2D eigenvalue weighted by Gasteiger charge is -2.25. The number of carbonyl (C=O) groups excluding carboxylic acids is 1. The summed E-state index contributed by atoms with van der Waals surface area (Å²) >= 11 is 1.99. The van der Waals surface area contributed by atoms with Crippen molar-refractivity contribution in [3.8, 4) is 5.75 Å². The van der Waals surface area contributed by atoms with Crippen molar-refractivity contribution in [2.45, 2.75) is 12.6 Å². The fourth-order valence-corrected chi connectivity index (χ4v) is 4.16. The standard InChI is InChI=1S/C23H24F3NO2S/c24-23(25,26)21-5-2-1-4-18(21)8-11-22(28)19-6-9-20(10-7-19)29-15-3-12-27-13-16-30-17-14-27/h1-2,4-11H,3,12-17H2/b11-8+. The number of thioether (sulfide) groups is 1. The number of ketones is 1. The van der Waals surface area contributed by atoms with Gasteiger partial charge in [0.15, 0.2) is 5.78 Å². The number of allylic oxidation sites excluding steroid dienone is 1. The molecule has 0 unspecified atom stereocenters. The van der Waals surface area contributed by atoms with Crippen LogP contribution in [0.3, 0.4) is 0 Å². The zero-order valence-corrected chi connectivity index (χ0v) is 17.3. The molecule has 0 spiro atoms. The van der Waals surface area contributed by atoms with Crippen LogP contribution in [0.25, 0.3) is 6.08 Å². The van der Waals surface area contributed by atoms with Crippen LogP contribution in [-0.4, -0.2) is 48.4 Å². The van der Waals surface area contributed by atoms with Crippen molar-refractivity contribution in [3.63, 3.8) is 0 Å². The van der Waals surface area contributed by atoms with E-state index in [-0.39, 0.29) is 11.3 Å². The van der Waals surface area contributed by atoms with E-state index < -0.39 is 11.7 Å². The maximum absolute atomic E-state index is 13.0. The molecule has 1 fully saturated rings. The second-order valence-electron chi connectivity index (χ2n) is 6.96. The van der Waals surface area contributed by atoms with E-state index >= 15 is 0 Å². The summed E-state index contributed by atoms with van der Waals surface area (Å²) in [5.41, 5.74) is -0.402. The molecular weight excluding hydrogens is 411 g/mol. The van der Waals surface area contributed by atoms with Gasteiger partial charge in [-0.15, -0.1) is 0 Å². The number of benzene rings is 2. The molecule has 3 rings (SSSR count). The molecular formula is C23H24F3NO2S. The third-order valence-electron chi connectivity index (χ3n) is 4.81. The molecule has 0 radical (unpaired) electrons. The highest BCUT2D eigenvalue weighted by Gasteiger charge is 2.32. The number of rotatable bonds is 8. The Morgan fingerprint density at radius 3 is 2.47 bits per heavy atom. The van der Waals surface area contributed by atoms with E-state index in [9.17, 15) is 18.0 Å². The zero-order valence-electron chi connectivity index (χ0n) is 16.5. The Bertz CT molecular complexity index is 859. The largest absolute Gasteiger partial charge is 0.494 e. The summed E-state index contributed by atoms with van der Waals surface area (Å²) in [6.45, 7) is 3.87. The van der Waals surface area contributed by atoms with Crippen molar-refractivity contribution in [1.82, 2.24) is 4.90 Å². The van der Waals surface area contributed by atoms with Crippen LogP contribution in [-0.2, 0) is 6.18 Å². The Balaban J connectivity index is 1.51. The van der Waals surface area contributed by atoms with Crippen LogP contribution in [0.15, 0.2) is 54.6 Å². The Morgan fingerprint density at radius 1 is 1.07 bits per heavy atom. The first-order valence-corrected chi connectivity index (χ1v) is 11.0. The van der Waals surface area contributed by atoms with E-state index in [2.05, 4.69) is 4.90 Å². The SMILES string of the molecule is O=C(/C=C/c1ccccc1C(F)(F)F)c1ccc(OCCCN2CCSCC2)cc1. The number of nitrogens with zero attached hydrogens (tertiary/aromatic N) is 1. The molecule has 160 valence electrons. The van der Waals surface area contributed by atoms with Crippen LogP contribution in [0.1, 0.15) is 27.9 Å². The molecule has 0 bridgehead atoms. The number of carbonyl (C=O) groups is 1. The van der Waals surface area contributed by atoms with Gasteiger partial charge in [0.2, 0.25) is 0 Å². The minimum atomic E-state index is -4.46. The van der Waals surface area contributed by atoms with Crippen molar-refractivity contribution in [1.29, 1.82) is 0 Å².